The third-order valence-corrected chi connectivity index (χ3v) is 5.45. The number of nitrogens with one attached hydrogen (secondary N) is 2. The standard InChI is InChI=1S/C27H25N3O5/c1-18-5-7-20(8-6-18)26-29-22(16-33-26)11-12-28-27(31)30-21-4-2-3-19(13-21)15-32-23-9-10-24-25(14-23)35-17-34-24/h2-10,13-14,16H,11-12,15,17H2,1H3,(H2,28,30,31). The van der Waals surface area contributed by atoms with Crippen LogP contribution in [0, 0.1) is 6.92 Å². The average Bonchev–Trinajstić information content (AvgIpc) is 3.53. The van der Waals surface area contributed by atoms with Gasteiger partial charge in [-0.05, 0) is 48.9 Å². The van der Waals surface area contributed by atoms with Gasteiger partial charge in [-0.2, -0.15) is 0 Å². The maximum absolute atomic E-state index is 12.3. The zero-order valence-corrected chi connectivity index (χ0v) is 19.2. The quantitative estimate of drug-likeness (QED) is 0.361. The molecule has 2 amide bonds. The molecule has 0 radical (unpaired) electrons. The average molecular weight is 472 g/mol. The Hall–Kier alpha value is -4.46. The minimum absolute atomic E-state index is 0.224. The van der Waals surface area contributed by atoms with Crippen molar-refractivity contribution in [1.82, 2.24) is 10.3 Å². The topological polar surface area (TPSA) is 94.9 Å². The molecule has 35 heavy (non-hydrogen) atoms. The third-order valence-electron chi connectivity index (χ3n) is 5.45. The number of nitrogens with zero attached hydrogens (tertiary/aromatic N) is 1. The number of aryl methyl sites for hydroxylation is 1. The zero-order chi connectivity index (χ0) is 24.0. The molecule has 1 aliphatic rings. The van der Waals surface area contributed by atoms with E-state index in [-0.39, 0.29) is 12.8 Å². The van der Waals surface area contributed by atoms with E-state index >= 15 is 0 Å². The Balaban J connectivity index is 1.08. The van der Waals surface area contributed by atoms with E-state index < -0.39 is 0 Å². The lowest BCUT2D eigenvalue weighted by Gasteiger charge is -2.10. The van der Waals surface area contributed by atoms with E-state index in [0.29, 0.717) is 48.4 Å². The fourth-order valence-corrected chi connectivity index (χ4v) is 3.60. The highest BCUT2D eigenvalue weighted by Gasteiger charge is 2.14. The highest BCUT2D eigenvalue weighted by molar-refractivity contribution is 5.89. The lowest BCUT2D eigenvalue weighted by atomic mass is 10.1. The molecule has 2 N–H and O–H groups in total. The van der Waals surface area contributed by atoms with Crippen molar-refractivity contribution in [3.8, 4) is 28.7 Å². The predicted molar refractivity (Wildman–Crippen MR) is 131 cm³/mol. The number of benzene rings is 3. The number of urea groups is 1. The largest absolute Gasteiger partial charge is 0.489 e. The van der Waals surface area contributed by atoms with Gasteiger partial charge in [0.25, 0.3) is 0 Å². The summed E-state index contributed by atoms with van der Waals surface area (Å²) in [6.07, 6.45) is 2.19. The zero-order valence-electron chi connectivity index (χ0n) is 19.2. The highest BCUT2D eigenvalue weighted by Crippen LogP contribution is 2.35. The van der Waals surface area contributed by atoms with Crippen molar-refractivity contribution >= 4 is 11.7 Å². The van der Waals surface area contributed by atoms with Gasteiger partial charge < -0.3 is 29.3 Å². The molecule has 0 atom stereocenters. The molecule has 4 aromatic rings. The number of rotatable bonds is 8. The van der Waals surface area contributed by atoms with Gasteiger partial charge in [-0.25, -0.2) is 9.78 Å². The fourth-order valence-electron chi connectivity index (χ4n) is 3.60. The molecular weight excluding hydrogens is 446 g/mol. The number of hydrogen-bond donors (Lipinski definition) is 2. The molecule has 0 bridgehead atoms. The van der Waals surface area contributed by atoms with Gasteiger partial charge in [0.1, 0.15) is 18.6 Å². The molecule has 1 aliphatic heterocycles. The molecule has 2 heterocycles. The second kappa shape index (κ2) is 10.2. The number of hydrogen-bond acceptors (Lipinski definition) is 6. The molecule has 0 fully saturated rings. The van der Waals surface area contributed by atoms with E-state index in [4.69, 9.17) is 18.6 Å². The monoisotopic (exact) mass is 471 g/mol. The second-order valence-electron chi connectivity index (χ2n) is 8.15. The van der Waals surface area contributed by atoms with Crippen molar-refractivity contribution in [2.45, 2.75) is 20.0 Å². The number of anilines is 1. The summed E-state index contributed by atoms with van der Waals surface area (Å²) in [5, 5.41) is 5.70. The van der Waals surface area contributed by atoms with Crippen LogP contribution in [0.2, 0.25) is 0 Å². The van der Waals surface area contributed by atoms with E-state index in [2.05, 4.69) is 15.6 Å². The summed E-state index contributed by atoms with van der Waals surface area (Å²) < 4.78 is 22.1. The van der Waals surface area contributed by atoms with Crippen LogP contribution in [-0.4, -0.2) is 24.4 Å². The second-order valence-corrected chi connectivity index (χ2v) is 8.15. The molecule has 0 unspecified atom stereocenters. The van der Waals surface area contributed by atoms with Crippen LogP contribution in [0.5, 0.6) is 17.2 Å². The van der Waals surface area contributed by atoms with Gasteiger partial charge in [-0.15, -0.1) is 0 Å². The first-order valence-corrected chi connectivity index (χ1v) is 11.3. The van der Waals surface area contributed by atoms with E-state index in [9.17, 15) is 4.79 Å². The van der Waals surface area contributed by atoms with Crippen molar-refractivity contribution in [3.05, 3.63) is 89.8 Å². The van der Waals surface area contributed by atoms with Gasteiger partial charge in [-0.1, -0.05) is 29.8 Å². The summed E-state index contributed by atoms with van der Waals surface area (Å²) in [7, 11) is 0. The Morgan fingerprint density at radius 3 is 2.77 bits per heavy atom. The normalized spacial score (nSPS) is 11.8. The van der Waals surface area contributed by atoms with Crippen molar-refractivity contribution in [2.24, 2.45) is 0 Å². The minimum Gasteiger partial charge on any atom is -0.489 e. The van der Waals surface area contributed by atoms with Crippen molar-refractivity contribution < 1.29 is 23.4 Å². The molecule has 0 saturated heterocycles. The maximum Gasteiger partial charge on any atom is 0.319 e. The van der Waals surface area contributed by atoms with Gasteiger partial charge in [-0.3, -0.25) is 0 Å². The number of fused-ring (bicyclic) bond motifs is 1. The number of aromatic nitrogens is 1. The fraction of sp³-hybridized carbons (Fsp3) is 0.185. The van der Waals surface area contributed by atoms with E-state index in [1.807, 2.05) is 67.6 Å². The van der Waals surface area contributed by atoms with Gasteiger partial charge >= 0.3 is 6.03 Å². The first-order chi connectivity index (χ1) is 17.1. The molecule has 178 valence electrons. The Morgan fingerprint density at radius 2 is 1.89 bits per heavy atom. The van der Waals surface area contributed by atoms with E-state index in [1.165, 1.54) is 5.56 Å². The molecule has 8 nitrogen and oxygen atoms in total. The number of carbonyl (C=O) groups excluding carboxylic acids is 1. The maximum atomic E-state index is 12.3. The van der Waals surface area contributed by atoms with E-state index in [0.717, 1.165) is 16.8 Å². The van der Waals surface area contributed by atoms with Crippen molar-refractivity contribution in [3.63, 3.8) is 0 Å². The van der Waals surface area contributed by atoms with Gasteiger partial charge in [0.05, 0.1) is 5.69 Å². The van der Waals surface area contributed by atoms with Gasteiger partial charge in [0.2, 0.25) is 12.7 Å². The molecule has 0 spiro atoms. The molecular formula is C27H25N3O5. The first-order valence-electron chi connectivity index (χ1n) is 11.3. The summed E-state index contributed by atoms with van der Waals surface area (Å²) >= 11 is 0. The van der Waals surface area contributed by atoms with Crippen LogP contribution in [0.15, 0.2) is 77.4 Å². The summed E-state index contributed by atoms with van der Waals surface area (Å²) in [4.78, 5) is 16.8. The highest BCUT2D eigenvalue weighted by atomic mass is 16.7. The molecule has 5 rings (SSSR count). The molecule has 0 aliphatic carbocycles. The molecule has 1 aromatic heterocycles. The molecule has 3 aromatic carbocycles. The lowest BCUT2D eigenvalue weighted by molar-refractivity contribution is 0.173. The minimum atomic E-state index is -0.291. The predicted octanol–water partition coefficient (Wildman–Crippen LogP) is 5.32. The third kappa shape index (κ3) is 5.73. The van der Waals surface area contributed by atoms with E-state index in [1.54, 1.807) is 12.3 Å². The smallest absolute Gasteiger partial charge is 0.319 e. The van der Waals surface area contributed by atoms with Crippen LogP contribution in [0.4, 0.5) is 10.5 Å². The number of oxazole rings is 1. The molecule has 0 saturated carbocycles. The first kappa shape index (κ1) is 22.3. The summed E-state index contributed by atoms with van der Waals surface area (Å²) in [5.74, 6) is 2.64. The van der Waals surface area contributed by atoms with Crippen LogP contribution >= 0.6 is 0 Å². The number of carbonyl (C=O) groups is 1. The van der Waals surface area contributed by atoms with Crippen LogP contribution in [0.25, 0.3) is 11.5 Å². The summed E-state index contributed by atoms with van der Waals surface area (Å²) in [5.41, 5.74) is 4.49. The molecule has 8 heteroatoms. The lowest BCUT2D eigenvalue weighted by Crippen LogP contribution is -2.30. The Morgan fingerprint density at radius 1 is 1.03 bits per heavy atom. The number of ether oxygens (including phenoxy) is 3. The summed E-state index contributed by atoms with van der Waals surface area (Å²) in [6, 6.07) is 20.7. The van der Waals surface area contributed by atoms with Gasteiger partial charge in [0, 0.05) is 30.3 Å². The Kier molecular flexibility index (Phi) is 6.52. The SMILES string of the molecule is Cc1ccc(-c2nc(CCNC(=O)Nc3cccc(COc4ccc5c(c4)OCO5)c3)co2)cc1. The Bertz CT molecular complexity index is 1320. The summed E-state index contributed by atoms with van der Waals surface area (Å²) in [6.45, 7) is 3.04. The van der Waals surface area contributed by atoms with Crippen LogP contribution < -0.4 is 24.8 Å². The van der Waals surface area contributed by atoms with Gasteiger partial charge in [0.15, 0.2) is 11.5 Å². The van der Waals surface area contributed by atoms with Crippen LogP contribution in [0.3, 0.4) is 0 Å². The van der Waals surface area contributed by atoms with Crippen LogP contribution in [-0.2, 0) is 13.0 Å². The van der Waals surface area contributed by atoms with Crippen molar-refractivity contribution in [1.29, 1.82) is 0 Å². The van der Waals surface area contributed by atoms with Crippen molar-refractivity contribution in [2.75, 3.05) is 18.7 Å². The van der Waals surface area contributed by atoms with Crippen LogP contribution in [0.1, 0.15) is 16.8 Å². The Labute approximate surface area is 202 Å². The number of amides is 2.